The van der Waals surface area contributed by atoms with E-state index < -0.39 is 23.9 Å². The second-order valence-corrected chi connectivity index (χ2v) is 5.24. The van der Waals surface area contributed by atoms with Gasteiger partial charge in [-0.25, -0.2) is 0 Å². The van der Waals surface area contributed by atoms with E-state index in [0.717, 1.165) is 5.56 Å². The van der Waals surface area contributed by atoms with Crippen LogP contribution in [-0.4, -0.2) is 23.8 Å². The predicted molar refractivity (Wildman–Crippen MR) is 76.8 cm³/mol. The molecule has 0 saturated carbocycles. The van der Waals surface area contributed by atoms with Crippen molar-refractivity contribution in [2.24, 2.45) is 11.7 Å². The van der Waals surface area contributed by atoms with Crippen molar-refractivity contribution in [3.63, 3.8) is 0 Å². The Morgan fingerprint density at radius 2 is 2.00 bits per heavy atom. The molecule has 1 heterocycles. The van der Waals surface area contributed by atoms with Crippen molar-refractivity contribution in [2.45, 2.75) is 31.8 Å². The number of benzene rings is 1. The maximum atomic E-state index is 12.2. The minimum atomic E-state index is -0.666. The summed E-state index contributed by atoms with van der Waals surface area (Å²) in [7, 11) is 0. The fraction of sp³-hybridized carbons (Fsp3) is 0.400. The first-order valence-corrected chi connectivity index (χ1v) is 6.93. The third-order valence-electron chi connectivity index (χ3n) is 3.69. The van der Waals surface area contributed by atoms with Gasteiger partial charge in [0.15, 0.2) is 0 Å². The first-order chi connectivity index (χ1) is 9.99. The van der Waals surface area contributed by atoms with Gasteiger partial charge in [-0.05, 0) is 12.0 Å². The molecule has 0 bridgehead atoms. The number of rotatable bonds is 4. The SMILES string of the molecule is CC(C(=O)NC1CCC(=O)NC1=O)C(N)c1ccccc1. The predicted octanol–water partition coefficient (Wildman–Crippen LogP) is 0.244. The van der Waals surface area contributed by atoms with Gasteiger partial charge in [0.1, 0.15) is 6.04 Å². The molecule has 1 aliphatic rings. The number of hydrogen-bond donors (Lipinski definition) is 3. The van der Waals surface area contributed by atoms with E-state index in [2.05, 4.69) is 10.6 Å². The quantitative estimate of drug-likeness (QED) is 0.691. The lowest BCUT2D eigenvalue weighted by molar-refractivity contribution is -0.138. The summed E-state index contributed by atoms with van der Waals surface area (Å²) >= 11 is 0. The van der Waals surface area contributed by atoms with E-state index >= 15 is 0 Å². The lowest BCUT2D eigenvalue weighted by atomic mass is 9.94. The van der Waals surface area contributed by atoms with E-state index in [9.17, 15) is 14.4 Å². The molecular formula is C15H19N3O3. The summed E-state index contributed by atoms with van der Waals surface area (Å²) in [4.78, 5) is 34.9. The smallest absolute Gasteiger partial charge is 0.249 e. The van der Waals surface area contributed by atoms with Gasteiger partial charge in [-0.1, -0.05) is 37.3 Å². The van der Waals surface area contributed by atoms with Gasteiger partial charge in [0.05, 0.1) is 5.92 Å². The molecule has 1 aromatic carbocycles. The Labute approximate surface area is 123 Å². The first-order valence-electron chi connectivity index (χ1n) is 6.93. The number of hydrogen-bond acceptors (Lipinski definition) is 4. The van der Waals surface area contributed by atoms with Gasteiger partial charge >= 0.3 is 0 Å². The Morgan fingerprint density at radius 1 is 1.33 bits per heavy atom. The Hall–Kier alpha value is -2.21. The molecule has 21 heavy (non-hydrogen) atoms. The van der Waals surface area contributed by atoms with Crippen LogP contribution in [0.15, 0.2) is 30.3 Å². The van der Waals surface area contributed by atoms with Crippen molar-refractivity contribution < 1.29 is 14.4 Å². The third-order valence-corrected chi connectivity index (χ3v) is 3.69. The third kappa shape index (κ3) is 3.66. The number of carbonyl (C=O) groups is 3. The molecule has 0 aromatic heterocycles. The van der Waals surface area contributed by atoms with Gasteiger partial charge in [0.2, 0.25) is 17.7 Å². The highest BCUT2D eigenvalue weighted by atomic mass is 16.2. The average Bonchev–Trinajstić information content (AvgIpc) is 2.49. The van der Waals surface area contributed by atoms with Crippen molar-refractivity contribution in [2.75, 3.05) is 0 Å². The highest BCUT2D eigenvalue weighted by molar-refractivity contribution is 6.01. The van der Waals surface area contributed by atoms with Crippen molar-refractivity contribution in [3.05, 3.63) is 35.9 Å². The molecule has 2 rings (SSSR count). The molecule has 4 N–H and O–H groups in total. The molecule has 3 unspecified atom stereocenters. The molecular weight excluding hydrogens is 270 g/mol. The Bertz CT molecular complexity index is 544. The van der Waals surface area contributed by atoms with E-state index in [1.165, 1.54) is 0 Å². The minimum absolute atomic E-state index is 0.232. The van der Waals surface area contributed by atoms with Crippen LogP contribution in [-0.2, 0) is 14.4 Å². The van der Waals surface area contributed by atoms with Gasteiger partial charge < -0.3 is 11.1 Å². The second-order valence-electron chi connectivity index (χ2n) is 5.24. The average molecular weight is 289 g/mol. The summed E-state index contributed by atoms with van der Waals surface area (Å²) in [5, 5.41) is 4.87. The monoisotopic (exact) mass is 289 g/mol. The molecule has 0 spiro atoms. The normalized spacial score (nSPS) is 21.3. The highest BCUT2D eigenvalue weighted by Gasteiger charge is 2.30. The number of amides is 3. The summed E-state index contributed by atoms with van der Waals surface area (Å²) in [6, 6.07) is 8.21. The summed E-state index contributed by atoms with van der Waals surface area (Å²) in [5.74, 6) is -1.53. The largest absolute Gasteiger partial charge is 0.344 e. The fourth-order valence-corrected chi connectivity index (χ4v) is 2.26. The number of piperidine rings is 1. The fourth-order valence-electron chi connectivity index (χ4n) is 2.26. The zero-order chi connectivity index (χ0) is 15.4. The van der Waals surface area contributed by atoms with Crippen LogP contribution in [0.5, 0.6) is 0 Å². The highest BCUT2D eigenvalue weighted by Crippen LogP contribution is 2.19. The summed E-state index contributed by atoms with van der Waals surface area (Å²) in [6.45, 7) is 1.72. The van der Waals surface area contributed by atoms with E-state index in [0.29, 0.717) is 6.42 Å². The van der Waals surface area contributed by atoms with Gasteiger partial charge in [-0.2, -0.15) is 0 Å². The number of carbonyl (C=O) groups excluding carboxylic acids is 3. The van der Waals surface area contributed by atoms with Gasteiger partial charge in [-0.3, -0.25) is 19.7 Å². The Balaban J connectivity index is 1.96. The zero-order valence-electron chi connectivity index (χ0n) is 11.8. The van der Waals surface area contributed by atoms with Crippen LogP contribution in [0.1, 0.15) is 31.4 Å². The molecule has 0 radical (unpaired) electrons. The Morgan fingerprint density at radius 3 is 2.62 bits per heavy atom. The number of nitrogens with two attached hydrogens (primary N) is 1. The molecule has 1 fully saturated rings. The van der Waals surface area contributed by atoms with Crippen LogP contribution in [0.3, 0.4) is 0 Å². The van der Waals surface area contributed by atoms with Gasteiger partial charge in [0.25, 0.3) is 0 Å². The second kappa shape index (κ2) is 6.49. The molecule has 112 valence electrons. The molecule has 3 atom stereocenters. The first kappa shape index (κ1) is 15.2. The Kier molecular flexibility index (Phi) is 4.70. The molecule has 0 aliphatic carbocycles. The summed E-state index contributed by atoms with van der Waals surface area (Å²) in [6.07, 6.45) is 0.555. The molecule has 1 aliphatic heterocycles. The van der Waals surface area contributed by atoms with Crippen LogP contribution in [0, 0.1) is 5.92 Å². The summed E-state index contributed by atoms with van der Waals surface area (Å²) < 4.78 is 0. The van der Waals surface area contributed by atoms with Crippen molar-refractivity contribution in [1.29, 1.82) is 0 Å². The maximum Gasteiger partial charge on any atom is 0.249 e. The number of imide groups is 1. The van der Waals surface area contributed by atoms with E-state index in [1.54, 1.807) is 6.92 Å². The van der Waals surface area contributed by atoms with Crippen LogP contribution in [0.4, 0.5) is 0 Å². The van der Waals surface area contributed by atoms with Crippen LogP contribution >= 0.6 is 0 Å². The van der Waals surface area contributed by atoms with Crippen LogP contribution in [0.2, 0.25) is 0 Å². The lowest BCUT2D eigenvalue weighted by Gasteiger charge is -2.25. The van der Waals surface area contributed by atoms with Gasteiger partial charge in [-0.15, -0.1) is 0 Å². The van der Waals surface area contributed by atoms with Crippen molar-refractivity contribution in [3.8, 4) is 0 Å². The van der Waals surface area contributed by atoms with E-state index in [1.807, 2.05) is 30.3 Å². The van der Waals surface area contributed by atoms with Crippen LogP contribution in [0.25, 0.3) is 0 Å². The van der Waals surface area contributed by atoms with Crippen molar-refractivity contribution in [1.82, 2.24) is 10.6 Å². The maximum absolute atomic E-state index is 12.2. The topological polar surface area (TPSA) is 101 Å². The standard InChI is InChI=1S/C15H19N3O3/c1-9(13(16)10-5-3-2-4-6-10)14(20)17-11-7-8-12(19)18-15(11)21/h2-6,9,11,13H,7-8,16H2,1H3,(H,17,20)(H,18,19,21). The van der Waals surface area contributed by atoms with E-state index in [-0.39, 0.29) is 18.2 Å². The van der Waals surface area contributed by atoms with Crippen molar-refractivity contribution >= 4 is 17.7 Å². The van der Waals surface area contributed by atoms with Crippen LogP contribution < -0.4 is 16.4 Å². The zero-order valence-corrected chi connectivity index (χ0v) is 11.8. The van der Waals surface area contributed by atoms with Gasteiger partial charge in [0, 0.05) is 12.5 Å². The summed E-state index contributed by atoms with van der Waals surface area (Å²) in [5.41, 5.74) is 6.95. The molecule has 1 saturated heterocycles. The lowest BCUT2D eigenvalue weighted by Crippen LogP contribution is -2.53. The molecule has 6 nitrogen and oxygen atoms in total. The van der Waals surface area contributed by atoms with E-state index in [4.69, 9.17) is 5.73 Å². The molecule has 6 heteroatoms. The number of nitrogens with one attached hydrogen (secondary N) is 2. The molecule has 1 aromatic rings. The molecule has 3 amide bonds. The minimum Gasteiger partial charge on any atom is -0.344 e.